The Bertz CT molecular complexity index is 100. The molecule has 0 atom stereocenters. The average molecular weight is 200 g/mol. The van der Waals surface area contributed by atoms with E-state index in [0.717, 1.165) is 25.6 Å². The molecule has 0 saturated heterocycles. The molecule has 0 rings (SSSR count). The van der Waals surface area contributed by atoms with Gasteiger partial charge in [0.2, 0.25) is 0 Å². The molecule has 0 aromatic heterocycles. The number of rotatable bonds is 10. The largest absolute Gasteiger partial charge is 0.317 e. The molecule has 0 saturated carbocycles. The maximum absolute atomic E-state index is 3.52. The minimum absolute atomic E-state index is 0.874. The Hall–Kier alpha value is -0.0800. The molecule has 0 aliphatic heterocycles. The zero-order valence-electron chi connectivity index (χ0n) is 10.2. The lowest BCUT2D eigenvalue weighted by Gasteiger charge is -2.13. The summed E-state index contributed by atoms with van der Waals surface area (Å²) in [4.78, 5) is 0. The monoisotopic (exact) mass is 200 g/mol. The first-order valence-electron chi connectivity index (χ1n) is 6.26. The first kappa shape index (κ1) is 13.9. The van der Waals surface area contributed by atoms with Crippen LogP contribution in [0.25, 0.3) is 0 Å². The minimum Gasteiger partial charge on any atom is -0.317 e. The van der Waals surface area contributed by atoms with Crippen molar-refractivity contribution in [1.82, 2.24) is 10.6 Å². The third kappa shape index (κ3) is 8.52. The van der Waals surface area contributed by atoms with Gasteiger partial charge in [0, 0.05) is 0 Å². The first-order chi connectivity index (χ1) is 6.85. The van der Waals surface area contributed by atoms with Crippen LogP contribution in [-0.2, 0) is 0 Å². The van der Waals surface area contributed by atoms with Gasteiger partial charge in [-0.1, -0.05) is 33.6 Å². The van der Waals surface area contributed by atoms with Gasteiger partial charge >= 0.3 is 0 Å². The molecule has 0 amide bonds. The van der Waals surface area contributed by atoms with E-state index in [1.54, 1.807) is 0 Å². The van der Waals surface area contributed by atoms with Crippen molar-refractivity contribution >= 4 is 0 Å². The van der Waals surface area contributed by atoms with Crippen molar-refractivity contribution in [2.45, 2.75) is 46.5 Å². The normalized spacial score (nSPS) is 11.1. The van der Waals surface area contributed by atoms with E-state index in [1.807, 2.05) is 0 Å². The predicted molar refractivity (Wildman–Crippen MR) is 64.7 cm³/mol. The fourth-order valence-corrected chi connectivity index (χ4v) is 1.52. The van der Waals surface area contributed by atoms with Gasteiger partial charge in [-0.15, -0.1) is 0 Å². The Morgan fingerprint density at radius 1 is 0.857 bits per heavy atom. The molecular formula is C12H28N2. The van der Waals surface area contributed by atoms with E-state index in [2.05, 4.69) is 31.4 Å². The van der Waals surface area contributed by atoms with Crippen molar-refractivity contribution in [3.63, 3.8) is 0 Å². The summed E-state index contributed by atoms with van der Waals surface area (Å²) in [5.41, 5.74) is 0. The van der Waals surface area contributed by atoms with E-state index in [1.165, 1.54) is 32.2 Å². The lowest BCUT2D eigenvalue weighted by molar-refractivity contribution is 0.445. The highest BCUT2D eigenvalue weighted by Crippen LogP contribution is 2.04. The molecule has 0 fully saturated rings. The van der Waals surface area contributed by atoms with Crippen LogP contribution in [0.2, 0.25) is 0 Å². The molecule has 14 heavy (non-hydrogen) atoms. The molecule has 0 aromatic rings. The number of hydrogen-bond donors (Lipinski definition) is 2. The molecule has 2 nitrogen and oxygen atoms in total. The zero-order valence-corrected chi connectivity index (χ0v) is 10.2. The molecule has 0 heterocycles. The molecule has 2 N–H and O–H groups in total. The summed E-state index contributed by atoms with van der Waals surface area (Å²) in [5.74, 6) is 0.874. The Kier molecular flexibility index (Phi) is 10.9. The van der Waals surface area contributed by atoms with E-state index in [0.29, 0.717) is 0 Å². The first-order valence-corrected chi connectivity index (χ1v) is 6.26. The van der Waals surface area contributed by atoms with E-state index in [4.69, 9.17) is 0 Å². The summed E-state index contributed by atoms with van der Waals surface area (Å²) in [5, 5.41) is 6.94. The quantitative estimate of drug-likeness (QED) is 0.529. The van der Waals surface area contributed by atoms with Crippen LogP contribution in [-0.4, -0.2) is 26.2 Å². The van der Waals surface area contributed by atoms with Gasteiger partial charge in [0.25, 0.3) is 0 Å². The fraction of sp³-hybridized carbons (Fsp3) is 1.00. The van der Waals surface area contributed by atoms with Gasteiger partial charge in [-0.05, 0) is 44.9 Å². The molecule has 0 spiro atoms. The smallest absolute Gasteiger partial charge is 0.00207 e. The summed E-state index contributed by atoms with van der Waals surface area (Å²) in [6.07, 6.45) is 5.09. The van der Waals surface area contributed by atoms with E-state index in [-0.39, 0.29) is 0 Å². The lowest BCUT2D eigenvalue weighted by Crippen LogP contribution is -2.26. The van der Waals surface area contributed by atoms with Gasteiger partial charge in [-0.3, -0.25) is 0 Å². The standard InChI is InChI=1S/C12H28N2/c1-4-8-13-9-7-10-14-11-12(5-2)6-3/h12-14H,4-11H2,1-3H3. The van der Waals surface area contributed by atoms with E-state index >= 15 is 0 Å². The van der Waals surface area contributed by atoms with Gasteiger partial charge < -0.3 is 10.6 Å². The topological polar surface area (TPSA) is 24.1 Å². The molecule has 0 unspecified atom stereocenters. The fourth-order valence-electron chi connectivity index (χ4n) is 1.52. The molecule has 86 valence electrons. The van der Waals surface area contributed by atoms with Crippen molar-refractivity contribution in [2.24, 2.45) is 5.92 Å². The minimum atomic E-state index is 0.874. The SMILES string of the molecule is CCCNCCCNCC(CC)CC. The second-order valence-corrected chi connectivity index (χ2v) is 3.99. The summed E-state index contributed by atoms with van der Waals surface area (Å²) >= 11 is 0. The van der Waals surface area contributed by atoms with Crippen molar-refractivity contribution in [3.8, 4) is 0 Å². The Labute approximate surface area is 89.9 Å². The molecule has 0 aliphatic carbocycles. The lowest BCUT2D eigenvalue weighted by atomic mass is 10.0. The van der Waals surface area contributed by atoms with Gasteiger partial charge in [-0.2, -0.15) is 0 Å². The van der Waals surface area contributed by atoms with Crippen LogP contribution < -0.4 is 10.6 Å². The number of nitrogens with one attached hydrogen (secondary N) is 2. The highest BCUT2D eigenvalue weighted by Gasteiger charge is 2.00. The highest BCUT2D eigenvalue weighted by molar-refractivity contribution is 4.59. The van der Waals surface area contributed by atoms with Gasteiger partial charge in [0.05, 0.1) is 0 Å². The van der Waals surface area contributed by atoms with Crippen LogP contribution in [0.4, 0.5) is 0 Å². The molecule has 0 radical (unpaired) electrons. The van der Waals surface area contributed by atoms with Crippen molar-refractivity contribution in [3.05, 3.63) is 0 Å². The molecule has 0 bridgehead atoms. The second-order valence-electron chi connectivity index (χ2n) is 3.99. The van der Waals surface area contributed by atoms with Gasteiger partial charge in [0.15, 0.2) is 0 Å². The average Bonchev–Trinajstić information content (AvgIpc) is 2.22. The van der Waals surface area contributed by atoms with E-state index < -0.39 is 0 Å². The van der Waals surface area contributed by atoms with Crippen LogP contribution in [0.15, 0.2) is 0 Å². The van der Waals surface area contributed by atoms with Gasteiger partial charge in [0.1, 0.15) is 0 Å². The Morgan fingerprint density at radius 3 is 2.07 bits per heavy atom. The summed E-state index contributed by atoms with van der Waals surface area (Å²) in [7, 11) is 0. The van der Waals surface area contributed by atoms with E-state index in [9.17, 15) is 0 Å². The maximum atomic E-state index is 3.52. The predicted octanol–water partition coefficient (Wildman–Crippen LogP) is 2.40. The van der Waals surface area contributed by atoms with Crippen molar-refractivity contribution in [2.75, 3.05) is 26.2 Å². The molecule has 0 aromatic carbocycles. The van der Waals surface area contributed by atoms with Crippen LogP contribution >= 0.6 is 0 Å². The third-order valence-electron chi connectivity index (χ3n) is 2.72. The summed E-state index contributed by atoms with van der Waals surface area (Å²) < 4.78 is 0. The van der Waals surface area contributed by atoms with Crippen LogP contribution in [0.5, 0.6) is 0 Å². The van der Waals surface area contributed by atoms with Gasteiger partial charge in [-0.25, -0.2) is 0 Å². The van der Waals surface area contributed by atoms with Crippen molar-refractivity contribution in [1.29, 1.82) is 0 Å². The van der Waals surface area contributed by atoms with Crippen LogP contribution in [0.3, 0.4) is 0 Å². The molecule has 0 aliphatic rings. The zero-order chi connectivity index (χ0) is 10.6. The van der Waals surface area contributed by atoms with Crippen LogP contribution in [0, 0.1) is 5.92 Å². The Balaban J connectivity index is 3.04. The molecular weight excluding hydrogens is 172 g/mol. The maximum Gasteiger partial charge on any atom is -0.00207 e. The molecule has 2 heteroatoms. The van der Waals surface area contributed by atoms with Crippen molar-refractivity contribution < 1.29 is 0 Å². The number of hydrogen-bond acceptors (Lipinski definition) is 2. The summed E-state index contributed by atoms with van der Waals surface area (Å²) in [6, 6.07) is 0. The third-order valence-corrected chi connectivity index (χ3v) is 2.72. The van der Waals surface area contributed by atoms with Crippen LogP contribution in [0.1, 0.15) is 46.5 Å². The summed E-state index contributed by atoms with van der Waals surface area (Å²) in [6.45, 7) is 11.4. The second kappa shape index (κ2) is 11.0. The highest BCUT2D eigenvalue weighted by atomic mass is 14.9. The Morgan fingerprint density at radius 2 is 1.50 bits per heavy atom.